The fourth-order valence-electron chi connectivity index (χ4n) is 6.86. The van der Waals surface area contributed by atoms with Crippen molar-refractivity contribution in [1.29, 1.82) is 0 Å². The minimum absolute atomic E-state index is 0.529. The van der Waals surface area contributed by atoms with Gasteiger partial charge in [-0.05, 0) is 0 Å². The van der Waals surface area contributed by atoms with Crippen LogP contribution in [0.25, 0.3) is 33.4 Å². The van der Waals surface area contributed by atoms with E-state index in [2.05, 4.69) is 182 Å². The van der Waals surface area contributed by atoms with Gasteiger partial charge in [0, 0.05) is 0 Å². The number of hydrogen-bond acceptors (Lipinski definition) is 0. The molecule has 0 aromatic heterocycles. The average Bonchev–Trinajstić information content (AvgIpc) is 3.73. The van der Waals surface area contributed by atoms with Crippen molar-refractivity contribution in [3.63, 3.8) is 0 Å². The molecule has 0 saturated heterocycles. The molecule has 6 aromatic carbocycles. The molecule has 2 aliphatic rings. The van der Waals surface area contributed by atoms with E-state index in [9.17, 15) is 0 Å². The van der Waals surface area contributed by atoms with Crippen LogP contribution < -0.4 is 0 Å². The van der Waals surface area contributed by atoms with Crippen molar-refractivity contribution in [2.45, 2.75) is 12.8 Å². The predicted octanol–water partition coefficient (Wildman–Crippen LogP) is 11.9. The Morgan fingerprint density at radius 2 is 0.489 bits per heavy atom. The van der Waals surface area contributed by atoms with E-state index in [1.165, 1.54) is 66.8 Å². The molecule has 0 aliphatic heterocycles. The molecule has 0 heterocycles. The van der Waals surface area contributed by atoms with E-state index in [4.69, 9.17) is 0 Å². The zero-order valence-corrected chi connectivity index (χ0v) is 28.3. The molecule has 0 atom stereocenters. The van der Waals surface area contributed by atoms with Crippen LogP contribution in [0.15, 0.2) is 190 Å². The summed E-state index contributed by atoms with van der Waals surface area (Å²) in [6.45, 7) is 0. The summed E-state index contributed by atoms with van der Waals surface area (Å²) in [6, 6.07) is 66.4. The second-order valence-corrected chi connectivity index (χ2v) is 15.1. The molecule has 0 spiro atoms. The first-order valence-electron chi connectivity index (χ1n) is 16.2. The van der Waals surface area contributed by atoms with E-state index in [1.54, 1.807) is 7.93 Å². The van der Waals surface area contributed by atoms with Crippen molar-refractivity contribution in [3.05, 3.63) is 223 Å². The van der Waals surface area contributed by atoms with E-state index < -0.39 is 18.6 Å². The second-order valence-electron chi connectivity index (χ2n) is 11.8. The van der Waals surface area contributed by atoms with Crippen molar-refractivity contribution >= 4 is 33.4 Å². The first-order valence-corrected chi connectivity index (χ1v) is 18.5. The molecule has 6 aromatic rings. The summed E-state index contributed by atoms with van der Waals surface area (Å²) >= 11 is -0.529. The van der Waals surface area contributed by atoms with Crippen LogP contribution in [0.5, 0.6) is 0 Å². The molecule has 0 nitrogen and oxygen atoms in total. The van der Waals surface area contributed by atoms with Crippen molar-refractivity contribution in [2.75, 3.05) is 0 Å². The van der Waals surface area contributed by atoms with Crippen molar-refractivity contribution in [1.82, 2.24) is 0 Å². The molecule has 0 N–H and O–H groups in total. The molecular weight excluding hydrogens is 748 g/mol. The third-order valence-electron chi connectivity index (χ3n) is 8.94. The Balaban J connectivity index is 1.35. The average molecular weight is 782 g/mol. The van der Waals surface area contributed by atoms with Crippen LogP contribution in [0.4, 0.5) is 0 Å². The Bertz CT molecular complexity index is 1980. The Labute approximate surface area is 286 Å². The summed E-state index contributed by atoms with van der Waals surface area (Å²) < 4.78 is 3.19. The second kappa shape index (κ2) is 13.4. The molecule has 2 aliphatic carbocycles. The van der Waals surface area contributed by atoms with Crippen molar-refractivity contribution < 1.29 is 18.6 Å². The van der Waals surface area contributed by atoms with Crippen molar-refractivity contribution in [2.24, 2.45) is 0 Å². The van der Waals surface area contributed by atoms with Gasteiger partial charge in [-0.15, -0.1) is 0 Å². The summed E-state index contributed by atoms with van der Waals surface area (Å²) in [5.74, 6) is 0. The molecule has 0 saturated carbocycles. The van der Waals surface area contributed by atoms with E-state index in [1.807, 2.05) is 0 Å². The molecule has 8 rings (SSSR count). The Morgan fingerprint density at radius 1 is 0.255 bits per heavy atom. The van der Waals surface area contributed by atoms with Gasteiger partial charge in [0.25, 0.3) is 0 Å². The van der Waals surface area contributed by atoms with Gasteiger partial charge in [0.2, 0.25) is 0 Å². The van der Waals surface area contributed by atoms with Crippen LogP contribution in [0.2, 0.25) is 0 Å². The van der Waals surface area contributed by atoms with Gasteiger partial charge in [-0.25, -0.2) is 0 Å². The maximum atomic E-state index is 2.31. The van der Waals surface area contributed by atoms with E-state index >= 15 is 0 Å². The van der Waals surface area contributed by atoms with Crippen LogP contribution in [0, 0.1) is 0 Å². The zero-order chi connectivity index (χ0) is 31.4. The fraction of sp³-hybridized carbons (Fsp3) is 0.0435. The molecule has 0 radical (unpaired) electrons. The summed E-state index contributed by atoms with van der Waals surface area (Å²) in [7, 11) is 0. The van der Waals surface area contributed by atoms with Crippen LogP contribution >= 0.6 is 0 Å². The quantitative estimate of drug-likeness (QED) is 0.144. The Kier molecular flexibility index (Phi) is 8.36. The number of allylic oxidation sites excluding steroid dienone is 8. The molecule has 0 unspecified atom stereocenters. The molecule has 47 heavy (non-hydrogen) atoms. The van der Waals surface area contributed by atoms with Crippen LogP contribution in [-0.2, 0) is 18.6 Å². The van der Waals surface area contributed by atoms with Crippen LogP contribution in [0.1, 0.15) is 46.2 Å². The van der Waals surface area contributed by atoms with Gasteiger partial charge in [-0.2, -0.15) is 0 Å². The fourth-order valence-corrected chi connectivity index (χ4v) is 10.7. The van der Waals surface area contributed by atoms with Gasteiger partial charge < -0.3 is 0 Å². The normalized spacial score (nSPS) is 14.9. The molecule has 1 heteroatoms. The van der Waals surface area contributed by atoms with Crippen LogP contribution in [0.3, 0.4) is 0 Å². The SMILES string of the molecule is c1ccc(C2=C(c3ccccc3)C(c3ccccc3)=[C]([Pt][C]3=C(c4ccccc4)C(c4ccccc4)=C(c4ccccc4)C3)C2)cc1. The van der Waals surface area contributed by atoms with E-state index in [-0.39, 0.29) is 0 Å². The van der Waals surface area contributed by atoms with E-state index in [0.717, 1.165) is 12.8 Å². The summed E-state index contributed by atoms with van der Waals surface area (Å²) in [5.41, 5.74) is 16.3. The van der Waals surface area contributed by atoms with Gasteiger partial charge >= 0.3 is 288 Å². The van der Waals surface area contributed by atoms with Gasteiger partial charge in [0.15, 0.2) is 0 Å². The van der Waals surface area contributed by atoms with Gasteiger partial charge in [-0.1, -0.05) is 0 Å². The zero-order valence-electron chi connectivity index (χ0n) is 26.1. The van der Waals surface area contributed by atoms with Crippen molar-refractivity contribution in [3.8, 4) is 0 Å². The summed E-state index contributed by atoms with van der Waals surface area (Å²) in [5, 5.41) is 0. The number of rotatable bonds is 8. The standard InChI is InChI=1S/2C23H17.Pt/c2*1-4-10-18(11-5-1)21-16-17-22(19-12-6-2-7-13-19)23(21)20-14-8-3-9-15-20;/h2*1-15H,16H2;. The first-order chi connectivity index (χ1) is 23.3. The first kappa shape index (κ1) is 29.4. The Hall–Kier alpha value is -5.03. The van der Waals surface area contributed by atoms with Gasteiger partial charge in [-0.3, -0.25) is 0 Å². The number of hydrogen-bond donors (Lipinski definition) is 0. The third kappa shape index (κ3) is 5.87. The Morgan fingerprint density at radius 3 is 0.766 bits per heavy atom. The monoisotopic (exact) mass is 781 g/mol. The minimum atomic E-state index is -0.529. The van der Waals surface area contributed by atoms with Gasteiger partial charge in [0.1, 0.15) is 0 Å². The predicted molar refractivity (Wildman–Crippen MR) is 195 cm³/mol. The van der Waals surface area contributed by atoms with Crippen LogP contribution in [-0.4, -0.2) is 0 Å². The molecule has 0 fully saturated rings. The third-order valence-corrected chi connectivity index (χ3v) is 12.3. The van der Waals surface area contributed by atoms with E-state index in [0.29, 0.717) is 0 Å². The topological polar surface area (TPSA) is 0 Å². The molecule has 228 valence electrons. The maximum absolute atomic E-state index is 2.31. The number of benzene rings is 6. The molecule has 0 amide bonds. The molecular formula is C46H34Pt. The van der Waals surface area contributed by atoms with Gasteiger partial charge in [0.05, 0.1) is 0 Å². The molecule has 0 bridgehead atoms. The summed E-state index contributed by atoms with van der Waals surface area (Å²) in [4.78, 5) is 0. The summed E-state index contributed by atoms with van der Waals surface area (Å²) in [6.07, 6.45) is 1.94.